The van der Waals surface area contributed by atoms with Gasteiger partial charge in [0.2, 0.25) is 0 Å². The van der Waals surface area contributed by atoms with Gasteiger partial charge in [-0.1, -0.05) is 0 Å². The smallest absolute Gasteiger partial charge is 0.253 e. The third-order valence-electron chi connectivity index (χ3n) is 1.46. The Morgan fingerprint density at radius 1 is 1.71 bits per heavy atom. The molecular formula is C8H9Br2NO2S. The number of aliphatic hydroxyl groups excluding tert-OH is 1. The summed E-state index contributed by atoms with van der Waals surface area (Å²) in [5.41, 5.74) is 0.586. The molecule has 1 atom stereocenters. The van der Waals surface area contributed by atoms with Gasteiger partial charge in [-0.2, -0.15) is 0 Å². The van der Waals surface area contributed by atoms with Crippen LogP contribution in [0.4, 0.5) is 0 Å². The van der Waals surface area contributed by atoms with Crippen molar-refractivity contribution in [3.8, 4) is 0 Å². The lowest BCUT2D eigenvalue weighted by molar-refractivity contribution is 0.0924. The van der Waals surface area contributed by atoms with Gasteiger partial charge in [0.05, 0.1) is 19.2 Å². The maximum absolute atomic E-state index is 11.5. The van der Waals surface area contributed by atoms with Crippen LogP contribution in [0.1, 0.15) is 17.3 Å². The van der Waals surface area contributed by atoms with Crippen molar-refractivity contribution in [2.45, 2.75) is 13.0 Å². The molecule has 1 aromatic rings. The topological polar surface area (TPSA) is 49.3 Å². The molecule has 0 aliphatic carbocycles. The number of hydrogen-bond donors (Lipinski definition) is 2. The van der Waals surface area contributed by atoms with E-state index in [1.807, 2.05) is 0 Å². The van der Waals surface area contributed by atoms with Crippen LogP contribution in [-0.4, -0.2) is 23.7 Å². The highest BCUT2D eigenvalue weighted by molar-refractivity contribution is 9.12. The third kappa shape index (κ3) is 3.34. The average molecular weight is 343 g/mol. The van der Waals surface area contributed by atoms with Gasteiger partial charge in [0.1, 0.15) is 0 Å². The predicted molar refractivity (Wildman–Crippen MR) is 63.7 cm³/mol. The quantitative estimate of drug-likeness (QED) is 0.886. The van der Waals surface area contributed by atoms with E-state index < -0.39 is 6.10 Å². The van der Waals surface area contributed by atoms with Crippen LogP contribution in [-0.2, 0) is 0 Å². The van der Waals surface area contributed by atoms with E-state index in [0.717, 1.165) is 7.57 Å². The minimum atomic E-state index is -0.528. The van der Waals surface area contributed by atoms with Crippen molar-refractivity contribution in [3.63, 3.8) is 0 Å². The van der Waals surface area contributed by atoms with Crippen molar-refractivity contribution < 1.29 is 9.90 Å². The fraction of sp³-hybridized carbons (Fsp3) is 0.375. The zero-order valence-corrected chi connectivity index (χ0v) is 11.4. The summed E-state index contributed by atoms with van der Waals surface area (Å²) < 4.78 is 1.68. The van der Waals surface area contributed by atoms with E-state index >= 15 is 0 Å². The summed E-state index contributed by atoms with van der Waals surface area (Å²) in [6, 6.07) is 1.74. The van der Waals surface area contributed by atoms with Gasteiger partial charge in [-0.15, -0.1) is 11.3 Å². The van der Waals surface area contributed by atoms with Crippen molar-refractivity contribution in [1.29, 1.82) is 0 Å². The number of thiophene rings is 1. The normalized spacial score (nSPS) is 12.6. The molecule has 0 bridgehead atoms. The van der Waals surface area contributed by atoms with Crippen LogP contribution >= 0.6 is 43.2 Å². The molecule has 78 valence electrons. The van der Waals surface area contributed by atoms with Gasteiger partial charge in [-0.25, -0.2) is 0 Å². The Bertz CT molecular complexity index is 338. The van der Waals surface area contributed by atoms with E-state index in [0.29, 0.717) is 5.56 Å². The highest BCUT2D eigenvalue weighted by Gasteiger charge is 2.13. The SMILES string of the molecule is CC(O)CNC(=O)c1cc(Br)sc1Br. The Kier molecular flexibility index (Phi) is 4.56. The molecule has 0 radical (unpaired) electrons. The lowest BCUT2D eigenvalue weighted by Gasteiger charge is -2.05. The van der Waals surface area contributed by atoms with E-state index in [1.165, 1.54) is 11.3 Å². The molecule has 6 heteroatoms. The fourth-order valence-electron chi connectivity index (χ4n) is 0.831. The van der Waals surface area contributed by atoms with Gasteiger partial charge < -0.3 is 10.4 Å². The molecule has 0 aliphatic heterocycles. The second-order valence-electron chi connectivity index (χ2n) is 2.80. The van der Waals surface area contributed by atoms with E-state index in [-0.39, 0.29) is 12.5 Å². The molecular weight excluding hydrogens is 334 g/mol. The molecule has 3 nitrogen and oxygen atoms in total. The Labute approximate surface area is 103 Å². The molecule has 0 saturated heterocycles. The summed E-state index contributed by atoms with van der Waals surface area (Å²) in [7, 11) is 0. The molecule has 1 rings (SSSR count). The second-order valence-corrected chi connectivity index (χ2v) is 6.55. The lowest BCUT2D eigenvalue weighted by Crippen LogP contribution is -2.30. The molecule has 0 aliphatic rings. The highest BCUT2D eigenvalue weighted by Crippen LogP contribution is 2.31. The number of hydrogen-bond acceptors (Lipinski definition) is 3. The Morgan fingerprint density at radius 3 is 2.79 bits per heavy atom. The van der Waals surface area contributed by atoms with Crippen LogP contribution < -0.4 is 5.32 Å². The molecule has 14 heavy (non-hydrogen) atoms. The first-order chi connectivity index (χ1) is 6.50. The van der Waals surface area contributed by atoms with Gasteiger partial charge in [0, 0.05) is 6.54 Å². The number of amides is 1. The zero-order valence-electron chi connectivity index (χ0n) is 7.38. The maximum atomic E-state index is 11.5. The Hall–Kier alpha value is 0.0900. The number of rotatable bonds is 3. The first-order valence-electron chi connectivity index (χ1n) is 3.92. The zero-order chi connectivity index (χ0) is 10.7. The lowest BCUT2D eigenvalue weighted by atomic mass is 10.3. The average Bonchev–Trinajstić information content (AvgIpc) is 2.41. The standard InChI is InChI=1S/C8H9Br2NO2S/c1-4(12)3-11-8(13)5-2-6(9)14-7(5)10/h2,4,12H,3H2,1H3,(H,11,13). The van der Waals surface area contributed by atoms with E-state index in [2.05, 4.69) is 37.2 Å². The van der Waals surface area contributed by atoms with Crippen LogP contribution in [0.2, 0.25) is 0 Å². The second kappa shape index (κ2) is 5.25. The molecule has 0 fully saturated rings. The molecule has 2 N–H and O–H groups in total. The first kappa shape index (κ1) is 12.2. The largest absolute Gasteiger partial charge is 0.392 e. The Balaban J connectivity index is 2.65. The molecule has 1 unspecified atom stereocenters. The summed E-state index contributed by atoms with van der Waals surface area (Å²) in [5.74, 6) is -0.181. The van der Waals surface area contributed by atoms with Crippen LogP contribution in [0.15, 0.2) is 13.6 Å². The maximum Gasteiger partial charge on any atom is 0.253 e. The molecule has 0 spiro atoms. The van der Waals surface area contributed by atoms with Crippen LogP contribution in [0, 0.1) is 0 Å². The molecule has 0 saturated carbocycles. The minimum Gasteiger partial charge on any atom is -0.392 e. The van der Waals surface area contributed by atoms with E-state index in [4.69, 9.17) is 5.11 Å². The van der Waals surface area contributed by atoms with Crippen molar-refractivity contribution in [1.82, 2.24) is 5.32 Å². The number of aliphatic hydroxyl groups is 1. The van der Waals surface area contributed by atoms with Gasteiger partial charge in [-0.3, -0.25) is 4.79 Å². The van der Waals surface area contributed by atoms with Crippen molar-refractivity contribution in [3.05, 3.63) is 19.2 Å². The summed E-state index contributed by atoms with van der Waals surface area (Å²) >= 11 is 8.02. The number of carbonyl (C=O) groups is 1. The third-order valence-corrected chi connectivity index (χ3v) is 3.80. The number of carbonyl (C=O) groups excluding carboxylic acids is 1. The number of nitrogens with one attached hydrogen (secondary N) is 1. The van der Waals surface area contributed by atoms with Gasteiger partial charge in [0.25, 0.3) is 5.91 Å². The highest BCUT2D eigenvalue weighted by atomic mass is 79.9. The van der Waals surface area contributed by atoms with Crippen LogP contribution in [0.3, 0.4) is 0 Å². The van der Waals surface area contributed by atoms with Gasteiger partial charge in [0.15, 0.2) is 0 Å². The predicted octanol–water partition coefficient (Wildman–Crippen LogP) is 2.38. The fourth-order valence-corrected chi connectivity index (χ4v) is 3.62. The number of halogens is 2. The molecule has 1 aromatic heterocycles. The molecule has 1 heterocycles. The van der Waals surface area contributed by atoms with Crippen molar-refractivity contribution >= 4 is 49.1 Å². The van der Waals surface area contributed by atoms with Gasteiger partial charge in [-0.05, 0) is 44.8 Å². The minimum absolute atomic E-state index is 0.181. The Morgan fingerprint density at radius 2 is 2.36 bits per heavy atom. The van der Waals surface area contributed by atoms with E-state index in [1.54, 1.807) is 13.0 Å². The summed E-state index contributed by atoms with van der Waals surface area (Å²) in [4.78, 5) is 11.5. The van der Waals surface area contributed by atoms with Crippen LogP contribution in [0.5, 0.6) is 0 Å². The van der Waals surface area contributed by atoms with Crippen molar-refractivity contribution in [2.75, 3.05) is 6.54 Å². The monoisotopic (exact) mass is 341 g/mol. The summed E-state index contributed by atoms with van der Waals surface area (Å²) in [5, 5.41) is 11.6. The summed E-state index contributed by atoms with van der Waals surface area (Å²) in [6.45, 7) is 1.89. The van der Waals surface area contributed by atoms with Crippen molar-refractivity contribution in [2.24, 2.45) is 0 Å². The molecule has 1 amide bonds. The summed E-state index contributed by atoms with van der Waals surface area (Å²) in [6.07, 6.45) is -0.528. The van der Waals surface area contributed by atoms with Gasteiger partial charge >= 0.3 is 0 Å². The molecule has 0 aromatic carbocycles. The van der Waals surface area contributed by atoms with E-state index in [9.17, 15) is 4.79 Å². The van der Waals surface area contributed by atoms with Crippen LogP contribution in [0.25, 0.3) is 0 Å². The first-order valence-corrected chi connectivity index (χ1v) is 6.32.